The third-order valence-corrected chi connectivity index (χ3v) is 5.13. The number of carbonyl (C=O) groups is 1. The van der Waals surface area contributed by atoms with E-state index in [0.717, 1.165) is 33.8 Å². The number of hydrogen-bond donors (Lipinski definition) is 2. The molecule has 4 rings (SSSR count). The number of carbonyl (C=O) groups excluding carboxylic acids is 1. The van der Waals surface area contributed by atoms with Crippen LogP contribution in [0, 0.1) is 11.6 Å². The highest BCUT2D eigenvalue weighted by atomic mass is 32.1. The summed E-state index contributed by atoms with van der Waals surface area (Å²) in [5.74, 6) is -1.57. The van der Waals surface area contributed by atoms with Gasteiger partial charge in [0.2, 0.25) is 0 Å². The Balaban J connectivity index is 1.62. The molecule has 4 nitrogen and oxygen atoms in total. The quantitative estimate of drug-likeness (QED) is 0.411. The van der Waals surface area contributed by atoms with Gasteiger partial charge in [-0.05, 0) is 17.7 Å². The maximum Gasteiger partial charge on any atom is 0.325 e. The smallest absolute Gasteiger partial charge is 0.305 e. The van der Waals surface area contributed by atoms with E-state index in [2.05, 4.69) is 15.6 Å². The molecule has 1 aromatic heterocycles. The number of halogens is 2. The van der Waals surface area contributed by atoms with Gasteiger partial charge in [-0.3, -0.25) is 5.32 Å². The van der Waals surface area contributed by atoms with Crippen molar-refractivity contribution in [2.45, 2.75) is 0 Å². The van der Waals surface area contributed by atoms with Crippen LogP contribution in [0.2, 0.25) is 0 Å². The summed E-state index contributed by atoms with van der Waals surface area (Å²) >= 11 is 1.32. The molecule has 2 N–H and O–H groups in total. The van der Waals surface area contributed by atoms with Gasteiger partial charge in [0.05, 0.1) is 16.3 Å². The predicted octanol–water partition coefficient (Wildman–Crippen LogP) is 6.40. The summed E-state index contributed by atoms with van der Waals surface area (Å²) in [7, 11) is 0. The second-order valence-corrected chi connectivity index (χ2v) is 7.13. The van der Waals surface area contributed by atoms with E-state index >= 15 is 0 Å². The zero-order chi connectivity index (χ0) is 20.2. The maximum atomic E-state index is 13.8. The molecule has 0 saturated heterocycles. The molecule has 0 unspecified atom stereocenters. The largest absolute Gasteiger partial charge is 0.325 e. The number of amides is 2. The van der Waals surface area contributed by atoms with Crippen molar-refractivity contribution in [3.8, 4) is 21.7 Å². The fourth-order valence-corrected chi connectivity index (χ4v) is 3.78. The van der Waals surface area contributed by atoms with E-state index in [0.29, 0.717) is 11.2 Å². The van der Waals surface area contributed by atoms with Crippen LogP contribution < -0.4 is 10.6 Å². The third-order valence-electron chi connectivity index (χ3n) is 4.11. The Morgan fingerprint density at radius 1 is 0.828 bits per heavy atom. The molecule has 144 valence electrons. The topological polar surface area (TPSA) is 54.0 Å². The molecule has 0 fully saturated rings. The molecule has 0 bridgehead atoms. The first kappa shape index (κ1) is 18.8. The van der Waals surface area contributed by atoms with Gasteiger partial charge in [0.1, 0.15) is 11.6 Å². The van der Waals surface area contributed by atoms with Crippen molar-refractivity contribution in [1.29, 1.82) is 0 Å². The zero-order valence-corrected chi connectivity index (χ0v) is 15.8. The highest BCUT2D eigenvalue weighted by molar-refractivity contribution is 7.19. The molecule has 0 aliphatic rings. The number of anilines is 2. The monoisotopic (exact) mass is 407 g/mol. The minimum absolute atomic E-state index is 0.118. The van der Waals surface area contributed by atoms with E-state index in [1.165, 1.54) is 11.3 Å². The maximum absolute atomic E-state index is 13.8. The average Bonchev–Trinajstić information content (AvgIpc) is 3.15. The summed E-state index contributed by atoms with van der Waals surface area (Å²) in [6.45, 7) is 0. The average molecular weight is 407 g/mol. The van der Waals surface area contributed by atoms with Gasteiger partial charge in [-0.1, -0.05) is 72.0 Å². The van der Waals surface area contributed by atoms with Crippen LogP contribution in [0.1, 0.15) is 0 Å². The Labute approximate surface area is 169 Å². The van der Waals surface area contributed by atoms with Crippen molar-refractivity contribution >= 4 is 28.2 Å². The lowest BCUT2D eigenvalue weighted by atomic mass is 10.1. The summed E-state index contributed by atoms with van der Waals surface area (Å²) < 4.78 is 26.8. The van der Waals surface area contributed by atoms with Crippen molar-refractivity contribution in [2.24, 2.45) is 0 Å². The number of urea groups is 1. The normalized spacial score (nSPS) is 10.6. The van der Waals surface area contributed by atoms with Crippen LogP contribution in [0.3, 0.4) is 0 Å². The van der Waals surface area contributed by atoms with Crippen LogP contribution in [0.15, 0.2) is 78.9 Å². The van der Waals surface area contributed by atoms with E-state index in [-0.39, 0.29) is 5.69 Å². The number of nitrogens with one attached hydrogen (secondary N) is 2. The number of rotatable bonds is 4. The zero-order valence-electron chi connectivity index (χ0n) is 15.0. The first-order valence-electron chi connectivity index (χ1n) is 8.75. The Hall–Kier alpha value is -3.58. The predicted molar refractivity (Wildman–Crippen MR) is 112 cm³/mol. The lowest BCUT2D eigenvalue weighted by molar-refractivity contribution is 0.262. The summed E-state index contributed by atoms with van der Waals surface area (Å²) in [6, 6.07) is 21.7. The van der Waals surface area contributed by atoms with Gasteiger partial charge in [-0.15, -0.1) is 0 Å². The van der Waals surface area contributed by atoms with Gasteiger partial charge in [-0.2, -0.15) is 0 Å². The van der Waals surface area contributed by atoms with Crippen molar-refractivity contribution in [3.63, 3.8) is 0 Å². The van der Waals surface area contributed by atoms with Crippen LogP contribution >= 0.6 is 11.3 Å². The molecule has 4 aromatic rings. The number of benzene rings is 3. The van der Waals surface area contributed by atoms with Crippen LogP contribution in [0.5, 0.6) is 0 Å². The van der Waals surface area contributed by atoms with Crippen LogP contribution in [0.25, 0.3) is 21.7 Å². The van der Waals surface area contributed by atoms with E-state index < -0.39 is 17.7 Å². The highest BCUT2D eigenvalue weighted by Crippen LogP contribution is 2.38. The molecule has 29 heavy (non-hydrogen) atoms. The molecule has 0 atom stereocenters. The van der Waals surface area contributed by atoms with Gasteiger partial charge in [0.25, 0.3) is 0 Å². The van der Waals surface area contributed by atoms with Crippen molar-refractivity contribution in [3.05, 3.63) is 90.5 Å². The molecule has 0 radical (unpaired) electrons. The van der Waals surface area contributed by atoms with Gasteiger partial charge >= 0.3 is 6.03 Å². The molecule has 3 aromatic carbocycles. The summed E-state index contributed by atoms with van der Waals surface area (Å²) in [4.78, 5) is 17.8. The van der Waals surface area contributed by atoms with E-state index in [1.54, 1.807) is 0 Å². The van der Waals surface area contributed by atoms with E-state index in [4.69, 9.17) is 0 Å². The number of aromatic nitrogens is 1. The number of thiazole rings is 1. The fourth-order valence-electron chi connectivity index (χ4n) is 2.79. The minimum Gasteiger partial charge on any atom is -0.305 e. The molecule has 2 amide bonds. The van der Waals surface area contributed by atoms with Crippen LogP contribution in [-0.2, 0) is 0 Å². The van der Waals surface area contributed by atoms with Crippen LogP contribution in [-0.4, -0.2) is 11.0 Å². The molecular weight excluding hydrogens is 392 g/mol. The fraction of sp³-hybridized carbons (Fsp3) is 0. The lowest BCUT2D eigenvalue weighted by Crippen LogP contribution is -2.20. The highest BCUT2D eigenvalue weighted by Gasteiger charge is 2.17. The van der Waals surface area contributed by atoms with Gasteiger partial charge in [0, 0.05) is 11.6 Å². The summed E-state index contributed by atoms with van der Waals surface area (Å²) in [5, 5.41) is 5.36. The van der Waals surface area contributed by atoms with Crippen molar-refractivity contribution < 1.29 is 13.6 Å². The summed E-state index contributed by atoms with van der Waals surface area (Å²) in [6.07, 6.45) is 0. The van der Waals surface area contributed by atoms with E-state index in [1.807, 2.05) is 60.7 Å². The Bertz CT molecular complexity index is 1090. The molecule has 0 spiro atoms. The second-order valence-electron chi connectivity index (χ2n) is 6.13. The number of nitrogens with zero attached hydrogens (tertiary/aromatic N) is 1. The van der Waals surface area contributed by atoms with E-state index in [9.17, 15) is 13.6 Å². The SMILES string of the molecule is O=C(Nc1nc(-c2ccccc2)c(-c2ccccc2)s1)Nc1ccc(F)cc1F. The first-order valence-corrected chi connectivity index (χ1v) is 9.56. The first-order chi connectivity index (χ1) is 14.1. The Morgan fingerprint density at radius 3 is 2.14 bits per heavy atom. The standard InChI is InChI=1S/C22H15F2N3OS/c23-16-11-12-18(17(24)13-16)25-21(28)27-22-26-19(14-7-3-1-4-8-14)20(29-22)15-9-5-2-6-10-15/h1-13H,(H2,25,26,27,28). The van der Waals surface area contributed by atoms with Gasteiger partial charge in [-0.25, -0.2) is 18.6 Å². The Kier molecular flexibility index (Phi) is 5.31. The third kappa shape index (κ3) is 4.30. The van der Waals surface area contributed by atoms with Crippen molar-refractivity contribution in [1.82, 2.24) is 4.98 Å². The molecule has 7 heteroatoms. The molecule has 0 aliphatic carbocycles. The molecule has 1 heterocycles. The number of hydrogen-bond acceptors (Lipinski definition) is 3. The minimum atomic E-state index is -0.853. The van der Waals surface area contributed by atoms with Gasteiger partial charge < -0.3 is 5.32 Å². The Morgan fingerprint density at radius 2 is 1.48 bits per heavy atom. The lowest BCUT2D eigenvalue weighted by Gasteiger charge is -2.06. The van der Waals surface area contributed by atoms with Crippen LogP contribution in [0.4, 0.5) is 24.4 Å². The molecule has 0 aliphatic heterocycles. The summed E-state index contributed by atoms with van der Waals surface area (Å²) in [5.41, 5.74) is 2.51. The van der Waals surface area contributed by atoms with Crippen molar-refractivity contribution in [2.75, 3.05) is 10.6 Å². The van der Waals surface area contributed by atoms with Gasteiger partial charge in [0.15, 0.2) is 5.13 Å². The molecule has 0 saturated carbocycles. The molecular formula is C22H15F2N3OS. The second kappa shape index (κ2) is 8.20.